The third-order valence-corrected chi connectivity index (χ3v) is 14.4. The molecular weight excluding hydrogens is 1840 g/mol. The van der Waals surface area contributed by atoms with Crippen molar-refractivity contribution in [1.29, 1.82) is 0 Å². The first-order valence-corrected chi connectivity index (χ1v) is 47.7. The normalized spacial score (nSPS) is 14.3. The van der Waals surface area contributed by atoms with Crippen molar-refractivity contribution in [2.24, 2.45) is 35.9 Å². The van der Waals surface area contributed by atoms with Crippen LogP contribution in [0.15, 0.2) is 54.6 Å². The largest absolute Gasteiger partial charge is 0.489 e. The summed E-state index contributed by atoms with van der Waals surface area (Å²) in [5, 5.41) is 11.2. The molecule has 0 rings (SSSR count). The molecule has 0 aromatic rings. The van der Waals surface area contributed by atoms with Gasteiger partial charge in [0.1, 0.15) is 38.1 Å². The molecule has 0 fully saturated rings. The van der Waals surface area contributed by atoms with Gasteiger partial charge in [-0.05, 0) is 298 Å². The van der Waals surface area contributed by atoms with Crippen molar-refractivity contribution >= 4 is 96.7 Å². The van der Waals surface area contributed by atoms with E-state index in [0.717, 1.165) is 0 Å². The van der Waals surface area contributed by atoms with E-state index in [1.807, 2.05) is 186 Å². The molecule has 0 aliphatic carbocycles. The number of rotatable bonds is 42. The third-order valence-electron chi connectivity index (χ3n) is 14.4. The molecule has 0 aliphatic heterocycles. The first-order valence-electron chi connectivity index (χ1n) is 47.7. The van der Waals surface area contributed by atoms with Gasteiger partial charge >= 0.3 is 35.8 Å². The highest BCUT2D eigenvalue weighted by Crippen LogP contribution is 2.14. The number of nitrogens with one attached hydrogen (secondary N) is 4. The van der Waals surface area contributed by atoms with Crippen LogP contribution in [-0.4, -0.2) is 335 Å². The average molecular weight is 2040 g/mol. The van der Waals surface area contributed by atoms with E-state index in [1.165, 1.54) is 55.4 Å². The number of allylic oxidation sites excluding steroid dienone is 2. The highest BCUT2D eigenvalue weighted by Gasteiger charge is 2.27. The van der Waals surface area contributed by atoms with Crippen molar-refractivity contribution in [3.05, 3.63) is 24.7 Å². The molecule has 0 radical (unpaired) electrons. The standard InChI is InChI=1S/C14H25NO4.C13H23NO5.C12H21NO5.2C11H23NO2.C10H19NO2.C9H17NO2.C9H19NO2.C8H17NO2.C7H15NO2/c1-9(2)12(16)19-11(4)13(17)18-10(3)8-15-14(5,6)7;1-9(7-14-13(3,4)5)18-12(16)10(2)19-11(15)8-17-6;1-9(16-5)11(15)18-8-10(14)17-7-6-13-12(2,3)4;2*1-9(7-12-11(3,4)5)14-8-10(2)13-6;1-7(2)13-8(3)9(12)11-10(4,5)6;1-7(2)12-6-8(11)10-9(3,4)5;1-9(2,3)10-5-6-12-8-7-11-4;1-6(11-5)7(10)9-8(2,3)4;1-7(2,3)8-6(9)5-10-4/h8-11H,1-7H3;7,9-10H,8H2,1-6H3;6,9H,7-8H2,1-5H3;2*7,9-10H,8H2,1-6H3;8H,1H2,2-6H3,(H,11,12);1,6H2,2-5H3,(H,10,11);5H,6-8H2,1-4H3;6H,1-5H3,(H,9,10);5H2,1-4H3,(H,8,9). The molecule has 0 heterocycles. The Balaban J connectivity index is -0.000000172. The molecular formula is C104H202N10O28. The van der Waals surface area contributed by atoms with Crippen LogP contribution in [0.2, 0.25) is 0 Å². The Morgan fingerprint density at radius 1 is 0.296 bits per heavy atom. The number of hydrogen-bond acceptors (Lipinski definition) is 34. The Bertz CT molecular complexity index is 3550. The monoisotopic (exact) mass is 2040 g/mol. The van der Waals surface area contributed by atoms with Crippen molar-refractivity contribution < 1.29 is 133 Å². The number of carbonyl (C=O) groups excluding carboxylic acids is 10. The molecule has 836 valence electrons. The molecule has 4 amide bonds. The maximum atomic E-state index is 11.7. The summed E-state index contributed by atoms with van der Waals surface area (Å²) in [6.07, 6.45) is 6.19. The number of amides is 4. The molecule has 38 nitrogen and oxygen atoms in total. The molecule has 38 heteroatoms. The number of methoxy groups -OCH3 is 7. The van der Waals surface area contributed by atoms with Crippen LogP contribution in [-0.2, 0) is 133 Å². The number of aliphatic imine (C=N–C) groups is 6. The number of nitrogens with zero attached hydrogens (tertiary/aromatic N) is 6. The van der Waals surface area contributed by atoms with E-state index in [4.69, 9.17) is 71.1 Å². The Labute approximate surface area is 857 Å². The zero-order valence-corrected chi connectivity index (χ0v) is 98.0. The molecule has 11 atom stereocenters. The average Bonchev–Trinajstić information content (AvgIpc) is 0.916. The second-order valence-corrected chi connectivity index (χ2v) is 43.1. The minimum atomic E-state index is -0.965. The third kappa shape index (κ3) is 131. The van der Waals surface area contributed by atoms with Crippen LogP contribution in [0.1, 0.15) is 312 Å². The van der Waals surface area contributed by atoms with Gasteiger partial charge in [-0.15, -0.1) is 0 Å². The van der Waals surface area contributed by atoms with Crippen molar-refractivity contribution in [2.75, 3.05) is 116 Å². The van der Waals surface area contributed by atoms with Gasteiger partial charge in [0, 0.05) is 109 Å². The summed E-state index contributed by atoms with van der Waals surface area (Å²) in [7, 11) is 10.8. The molecule has 0 saturated carbocycles. The summed E-state index contributed by atoms with van der Waals surface area (Å²) < 4.78 is 89.6. The van der Waals surface area contributed by atoms with E-state index in [1.54, 1.807) is 95.4 Å². The maximum absolute atomic E-state index is 11.7. The summed E-state index contributed by atoms with van der Waals surface area (Å²) in [6, 6.07) is 0. The Kier molecular flexibility index (Phi) is 88.2. The summed E-state index contributed by atoms with van der Waals surface area (Å²) >= 11 is 0. The molecule has 4 N–H and O–H groups in total. The lowest BCUT2D eigenvalue weighted by Crippen LogP contribution is -2.45. The van der Waals surface area contributed by atoms with Crippen LogP contribution in [0.5, 0.6) is 0 Å². The Morgan fingerprint density at radius 3 is 0.930 bits per heavy atom. The predicted octanol–water partition coefficient (Wildman–Crippen LogP) is 15.6. The second-order valence-electron chi connectivity index (χ2n) is 43.1. The number of esters is 6. The van der Waals surface area contributed by atoms with E-state index in [2.05, 4.69) is 141 Å². The lowest BCUT2D eigenvalue weighted by atomic mass is 10.1. The van der Waals surface area contributed by atoms with E-state index in [0.29, 0.717) is 44.6 Å². The van der Waals surface area contributed by atoms with Gasteiger partial charge in [0.05, 0.1) is 108 Å². The molecule has 0 aromatic heterocycles. The first kappa shape index (κ1) is 154. The van der Waals surface area contributed by atoms with Gasteiger partial charge in [0.15, 0.2) is 37.6 Å². The van der Waals surface area contributed by atoms with Gasteiger partial charge in [-0.3, -0.25) is 53.9 Å². The minimum Gasteiger partial charge on any atom is -0.489 e. The summed E-state index contributed by atoms with van der Waals surface area (Å²) in [5.74, 6) is -2.96. The van der Waals surface area contributed by atoms with Crippen LogP contribution < -0.4 is 21.3 Å². The van der Waals surface area contributed by atoms with Crippen molar-refractivity contribution in [2.45, 2.75) is 434 Å². The summed E-state index contributed by atoms with van der Waals surface area (Å²) in [5.41, 5.74) is -1.43. The van der Waals surface area contributed by atoms with Gasteiger partial charge < -0.3 is 107 Å². The van der Waals surface area contributed by atoms with Crippen LogP contribution in [0.4, 0.5) is 0 Å². The van der Waals surface area contributed by atoms with Gasteiger partial charge in [0.2, 0.25) is 11.8 Å². The fourth-order valence-electron chi connectivity index (χ4n) is 7.53. The molecule has 0 aromatic carbocycles. The van der Waals surface area contributed by atoms with Crippen molar-refractivity contribution in [1.82, 2.24) is 21.3 Å². The van der Waals surface area contributed by atoms with E-state index in [-0.39, 0.29) is 142 Å². The maximum Gasteiger partial charge on any atom is 0.347 e. The van der Waals surface area contributed by atoms with Gasteiger partial charge in [0.25, 0.3) is 11.8 Å². The fourth-order valence-corrected chi connectivity index (χ4v) is 7.53. The molecule has 0 spiro atoms. The zero-order valence-electron chi connectivity index (χ0n) is 98.0. The first-order chi connectivity index (χ1) is 64.0. The number of carbonyl (C=O) groups is 10. The quantitative estimate of drug-likeness (QED) is 0.0145. The second kappa shape index (κ2) is 81.6. The predicted molar refractivity (Wildman–Crippen MR) is 569 cm³/mol. The molecule has 142 heavy (non-hydrogen) atoms. The minimum absolute atomic E-state index is 0.00458. The van der Waals surface area contributed by atoms with Crippen molar-refractivity contribution in [3.8, 4) is 0 Å². The highest BCUT2D eigenvalue weighted by atomic mass is 16.6. The van der Waals surface area contributed by atoms with Gasteiger partial charge in [-0.25, -0.2) is 24.0 Å². The van der Waals surface area contributed by atoms with Crippen LogP contribution in [0, 0.1) is 5.92 Å². The summed E-state index contributed by atoms with van der Waals surface area (Å²) in [6.45, 7) is 95.0. The van der Waals surface area contributed by atoms with Crippen molar-refractivity contribution in [3.63, 3.8) is 0 Å². The molecule has 0 saturated heterocycles. The zero-order chi connectivity index (χ0) is 114. The Hall–Kier alpha value is -8.60. The lowest BCUT2D eigenvalue weighted by molar-refractivity contribution is -0.169. The van der Waals surface area contributed by atoms with Gasteiger partial charge in [-0.2, -0.15) is 0 Å². The van der Waals surface area contributed by atoms with Crippen LogP contribution in [0.3, 0.4) is 0 Å². The topological polar surface area (TPSA) is 459 Å². The number of hydrogen-bond donors (Lipinski definition) is 4. The molecule has 0 aliphatic rings. The number of ether oxygens (including phenoxy) is 18. The molecule has 11 unspecified atom stereocenters. The molecule has 0 bridgehead atoms. The lowest BCUT2D eigenvalue weighted by Gasteiger charge is -2.23. The van der Waals surface area contributed by atoms with E-state index in [9.17, 15) is 47.9 Å². The smallest absolute Gasteiger partial charge is 0.347 e. The van der Waals surface area contributed by atoms with Gasteiger partial charge in [-0.1, -0.05) is 27.0 Å². The SMILES string of the molecule is C=C(C)OC(C)C(=O)NC(C)(C)C.C=C(C)OCC(=O)NC(C)(C)C.CC(C=NC(C)(C)C)OC(=O)C(C)OC(=O)C(C)C.COC(C)C(=O)NC(C)(C)C.COC(C)C(=O)OCC(=O)OCC=NC(C)(C)C.COC(C)COC(C)C=NC(C)(C)C.COC(C)COC(C)C=NC(C)(C)C.COCC(=O)NC(C)(C)C.COCC(=O)OC(C)C(=O)OC(C)C=NC(C)(C)C.COCCOCC=NC(C)(C)C. The summed E-state index contributed by atoms with van der Waals surface area (Å²) in [4.78, 5) is 138. The fraction of sp³-hybridized carbons (Fsp3) is 0.808. The van der Waals surface area contributed by atoms with E-state index >= 15 is 0 Å². The Morgan fingerprint density at radius 2 is 0.627 bits per heavy atom. The van der Waals surface area contributed by atoms with E-state index < -0.39 is 79.0 Å². The highest BCUT2D eigenvalue weighted by molar-refractivity contribution is 5.84. The van der Waals surface area contributed by atoms with Crippen LogP contribution in [0.25, 0.3) is 0 Å². The van der Waals surface area contributed by atoms with Crippen LogP contribution >= 0.6 is 0 Å².